The number of urea groups is 1. The first kappa shape index (κ1) is 16.9. The summed E-state index contributed by atoms with van der Waals surface area (Å²) in [4.78, 5) is 12.2. The molecule has 1 aliphatic carbocycles. The van der Waals surface area contributed by atoms with Gasteiger partial charge in [-0.3, -0.25) is 0 Å². The summed E-state index contributed by atoms with van der Waals surface area (Å²) >= 11 is 1.78. The number of hydrogen-bond acceptors (Lipinski definition) is 3. The maximum Gasteiger partial charge on any atom is 0.315 e. The van der Waals surface area contributed by atoms with Crippen molar-refractivity contribution in [3.8, 4) is 0 Å². The summed E-state index contributed by atoms with van der Waals surface area (Å²) in [5.74, 6) is 0.974. The number of ether oxygens (including phenoxy) is 1. The van der Waals surface area contributed by atoms with E-state index in [1.807, 2.05) is 0 Å². The molecular weight excluding hydrogens is 284 g/mol. The molecule has 2 amide bonds. The van der Waals surface area contributed by atoms with Crippen LogP contribution in [-0.2, 0) is 4.74 Å². The minimum absolute atomic E-state index is 0.00578. The van der Waals surface area contributed by atoms with E-state index in [2.05, 4.69) is 23.8 Å². The summed E-state index contributed by atoms with van der Waals surface area (Å²) in [6.07, 6.45) is 11.2. The molecule has 0 radical (unpaired) electrons. The van der Waals surface area contributed by atoms with Gasteiger partial charge in [0.15, 0.2) is 0 Å². The van der Waals surface area contributed by atoms with E-state index in [0.717, 1.165) is 44.5 Å². The predicted octanol–water partition coefficient (Wildman–Crippen LogP) is 3.31. The van der Waals surface area contributed by atoms with Crippen LogP contribution in [0.3, 0.4) is 0 Å². The van der Waals surface area contributed by atoms with Crippen molar-refractivity contribution in [2.24, 2.45) is 0 Å². The fourth-order valence-electron chi connectivity index (χ4n) is 3.57. The smallest absolute Gasteiger partial charge is 0.315 e. The van der Waals surface area contributed by atoms with Gasteiger partial charge in [0.05, 0.1) is 5.60 Å². The van der Waals surface area contributed by atoms with Crippen molar-refractivity contribution in [2.75, 3.05) is 18.6 Å². The first-order chi connectivity index (χ1) is 10.2. The molecule has 2 rings (SSSR count). The molecule has 0 bridgehead atoms. The van der Waals surface area contributed by atoms with Crippen molar-refractivity contribution in [1.82, 2.24) is 10.6 Å². The van der Waals surface area contributed by atoms with Crippen molar-refractivity contribution in [3.05, 3.63) is 0 Å². The lowest BCUT2D eigenvalue weighted by molar-refractivity contribution is -0.107. The largest absolute Gasteiger partial charge is 0.375 e. The topological polar surface area (TPSA) is 50.4 Å². The second kappa shape index (κ2) is 8.28. The number of nitrogens with one attached hydrogen (secondary N) is 2. The molecule has 1 saturated heterocycles. The molecule has 1 heterocycles. The molecule has 0 aromatic rings. The second-order valence-corrected chi connectivity index (χ2v) is 7.37. The summed E-state index contributed by atoms with van der Waals surface area (Å²) in [7, 11) is 0. The molecule has 5 heteroatoms. The van der Waals surface area contributed by atoms with Crippen LogP contribution in [0.1, 0.15) is 58.3 Å². The van der Waals surface area contributed by atoms with Crippen molar-refractivity contribution >= 4 is 17.8 Å². The van der Waals surface area contributed by atoms with Gasteiger partial charge in [-0.15, -0.1) is 0 Å². The van der Waals surface area contributed by atoms with Crippen LogP contribution < -0.4 is 10.6 Å². The van der Waals surface area contributed by atoms with E-state index in [1.165, 1.54) is 19.3 Å². The molecule has 1 saturated carbocycles. The van der Waals surface area contributed by atoms with Gasteiger partial charge >= 0.3 is 6.03 Å². The van der Waals surface area contributed by atoms with Crippen LogP contribution >= 0.6 is 11.8 Å². The maximum absolute atomic E-state index is 12.2. The Balaban J connectivity index is 1.80. The van der Waals surface area contributed by atoms with Crippen molar-refractivity contribution < 1.29 is 9.53 Å². The average molecular weight is 314 g/mol. The van der Waals surface area contributed by atoms with E-state index < -0.39 is 0 Å². The predicted molar refractivity (Wildman–Crippen MR) is 88.9 cm³/mol. The van der Waals surface area contributed by atoms with Crippen LogP contribution in [0.4, 0.5) is 4.79 Å². The Morgan fingerprint density at radius 3 is 2.81 bits per heavy atom. The van der Waals surface area contributed by atoms with Crippen LogP contribution in [0.2, 0.25) is 0 Å². The van der Waals surface area contributed by atoms with E-state index >= 15 is 0 Å². The first-order valence-corrected chi connectivity index (χ1v) is 9.77. The first-order valence-electron chi connectivity index (χ1n) is 8.37. The Kier molecular flexibility index (Phi) is 6.68. The normalized spacial score (nSPS) is 26.3. The highest BCUT2D eigenvalue weighted by atomic mass is 32.2. The monoisotopic (exact) mass is 314 g/mol. The van der Waals surface area contributed by atoms with Crippen LogP contribution in [0.15, 0.2) is 0 Å². The van der Waals surface area contributed by atoms with E-state index in [0.29, 0.717) is 0 Å². The molecule has 2 fully saturated rings. The zero-order chi connectivity index (χ0) is 15.1. The third-order valence-electron chi connectivity index (χ3n) is 4.79. The number of carbonyl (C=O) groups excluding carboxylic acids is 1. The van der Waals surface area contributed by atoms with E-state index in [1.54, 1.807) is 11.8 Å². The lowest BCUT2D eigenvalue weighted by Crippen LogP contribution is -2.53. The Labute approximate surface area is 133 Å². The third-order valence-corrected chi connectivity index (χ3v) is 5.52. The standard InChI is InChI=1S/C16H30N2O2S/c1-3-13(12-21-2)17-15(19)18-14-7-10-20-16(11-14)8-5-4-6-9-16/h13-14H,3-12H2,1-2H3,(H2,17,18,19)/t13-,14-/m0/s1. The number of rotatable bonds is 5. The van der Waals surface area contributed by atoms with Gasteiger partial charge < -0.3 is 15.4 Å². The zero-order valence-corrected chi connectivity index (χ0v) is 14.3. The Bertz CT molecular complexity index is 327. The summed E-state index contributed by atoms with van der Waals surface area (Å²) < 4.78 is 6.08. The minimum atomic E-state index is -0.00578. The highest BCUT2D eigenvalue weighted by Gasteiger charge is 2.38. The van der Waals surface area contributed by atoms with Crippen molar-refractivity contribution in [1.29, 1.82) is 0 Å². The molecule has 122 valence electrons. The van der Waals surface area contributed by atoms with E-state index in [9.17, 15) is 4.79 Å². The number of thioether (sulfide) groups is 1. The molecule has 0 unspecified atom stereocenters. The summed E-state index contributed by atoms with van der Waals surface area (Å²) in [5, 5.41) is 6.27. The molecule has 2 N–H and O–H groups in total. The SMILES string of the molecule is CC[C@@H](CSC)NC(=O)N[C@H]1CCOC2(CCCCC2)C1. The van der Waals surface area contributed by atoms with E-state index in [4.69, 9.17) is 4.74 Å². The van der Waals surface area contributed by atoms with Gasteiger partial charge in [0, 0.05) is 24.4 Å². The molecule has 21 heavy (non-hydrogen) atoms. The van der Waals surface area contributed by atoms with Gasteiger partial charge in [0.1, 0.15) is 0 Å². The summed E-state index contributed by atoms with van der Waals surface area (Å²) in [6, 6.07) is 0.529. The fourth-order valence-corrected chi connectivity index (χ4v) is 4.29. The molecule has 4 nitrogen and oxygen atoms in total. The highest BCUT2D eigenvalue weighted by Crippen LogP contribution is 2.38. The van der Waals surface area contributed by atoms with Gasteiger partial charge in [-0.25, -0.2) is 4.79 Å². The van der Waals surface area contributed by atoms with Crippen molar-refractivity contribution in [3.63, 3.8) is 0 Å². The van der Waals surface area contributed by atoms with Gasteiger partial charge in [0.25, 0.3) is 0 Å². The second-order valence-electron chi connectivity index (χ2n) is 6.46. The lowest BCUT2D eigenvalue weighted by Gasteiger charge is -2.43. The highest BCUT2D eigenvalue weighted by molar-refractivity contribution is 7.98. The quantitative estimate of drug-likeness (QED) is 0.818. The van der Waals surface area contributed by atoms with Crippen LogP contribution in [0, 0.1) is 0 Å². The summed E-state index contributed by atoms with van der Waals surface area (Å²) in [6.45, 7) is 2.90. The zero-order valence-electron chi connectivity index (χ0n) is 13.5. The minimum Gasteiger partial charge on any atom is -0.375 e. The Hall–Kier alpha value is -0.420. The maximum atomic E-state index is 12.2. The van der Waals surface area contributed by atoms with Crippen LogP contribution in [0.5, 0.6) is 0 Å². The van der Waals surface area contributed by atoms with E-state index in [-0.39, 0.29) is 23.7 Å². The average Bonchev–Trinajstić information content (AvgIpc) is 2.47. The van der Waals surface area contributed by atoms with Gasteiger partial charge in [-0.2, -0.15) is 11.8 Å². The molecule has 2 aliphatic rings. The third kappa shape index (κ3) is 5.06. The van der Waals surface area contributed by atoms with Gasteiger partial charge in [-0.05, 0) is 38.4 Å². The molecule has 2 atom stereocenters. The van der Waals surface area contributed by atoms with Crippen molar-refractivity contribution in [2.45, 2.75) is 76.0 Å². The molecular formula is C16H30N2O2S. The number of hydrogen-bond donors (Lipinski definition) is 2. The number of carbonyl (C=O) groups is 1. The van der Waals surface area contributed by atoms with Crippen LogP contribution in [0.25, 0.3) is 0 Å². The fraction of sp³-hybridized carbons (Fsp3) is 0.938. The summed E-state index contributed by atoms with van der Waals surface area (Å²) in [5.41, 5.74) is 0.0534. The Morgan fingerprint density at radius 2 is 2.14 bits per heavy atom. The van der Waals surface area contributed by atoms with Gasteiger partial charge in [0.2, 0.25) is 0 Å². The molecule has 1 aliphatic heterocycles. The molecule has 0 aromatic heterocycles. The number of amides is 2. The lowest BCUT2D eigenvalue weighted by atomic mass is 9.78. The molecule has 1 spiro atoms. The van der Waals surface area contributed by atoms with Gasteiger partial charge in [-0.1, -0.05) is 26.2 Å². The Morgan fingerprint density at radius 1 is 1.38 bits per heavy atom. The molecule has 0 aromatic carbocycles. The van der Waals surface area contributed by atoms with Crippen LogP contribution in [-0.4, -0.2) is 42.3 Å².